The van der Waals surface area contributed by atoms with Crippen LogP contribution in [0.4, 0.5) is 76.0 Å². The summed E-state index contributed by atoms with van der Waals surface area (Å²) >= 11 is 5.98. The molecular formula is C68H57N27O5S4. The fourth-order valence-electron chi connectivity index (χ4n) is 10.5. The van der Waals surface area contributed by atoms with Gasteiger partial charge in [-0.15, -0.1) is 20.4 Å². The number of morpholine rings is 1. The number of hydrogen-bond acceptors (Lipinski definition) is 30. The van der Waals surface area contributed by atoms with E-state index in [-0.39, 0.29) is 23.4 Å². The highest BCUT2D eigenvalue weighted by atomic mass is 32.1. The smallest absolute Gasteiger partial charge is 0.337 e. The number of nitrogens with one attached hydrogen (secondary N) is 5. The summed E-state index contributed by atoms with van der Waals surface area (Å²) in [6.07, 6.45) is 1.78. The van der Waals surface area contributed by atoms with E-state index in [1.54, 1.807) is 52.0 Å². The van der Waals surface area contributed by atoms with E-state index in [4.69, 9.17) is 37.5 Å². The molecule has 0 radical (unpaired) electrons. The molecule has 0 bridgehead atoms. The Morgan fingerprint density at radius 3 is 1.24 bits per heavy atom. The Hall–Kier alpha value is -13.6. The van der Waals surface area contributed by atoms with E-state index < -0.39 is 11.9 Å². The van der Waals surface area contributed by atoms with Gasteiger partial charge in [0.15, 0.2) is 0 Å². The van der Waals surface area contributed by atoms with Gasteiger partial charge in [-0.25, -0.2) is 29.5 Å². The van der Waals surface area contributed by atoms with Gasteiger partial charge in [0.1, 0.15) is 0 Å². The van der Waals surface area contributed by atoms with Crippen LogP contribution in [-0.2, 0) is 9.47 Å². The van der Waals surface area contributed by atoms with Gasteiger partial charge in [-0.3, -0.25) is 5.10 Å². The topological polar surface area (TPSA) is 431 Å². The third-order valence-corrected chi connectivity index (χ3v) is 19.6. The fourth-order valence-corrected chi connectivity index (χ4v) is 14.2. The molecule has 518 valence electrons. The molecule has 32 nitrogen and oxygen atoms in total. The summed E-state index contributed by atoms with van der Waals surface area (Å²) in [6.45, 7) is 3.37. The predicted molar refractivity (Wildman–Crippen MR) is 406 cm³/mol. The molecule has 1 aliphatic rings. The van der Waals surface area contributed by atoms with E-state index >= 15 is 0 Å². The minimum Gasteiger partial charge on any atom is -0.478 e. The number of hydrogen-bond donors (Lipinski definition) is 10. The van der Waals surface area contributed by atoms with Crippen LogP contribution in [0.1, 0.15) is 20.7 Å². The lowest BCUT2D eigenvalue weighted by Gasteiger charge is -2.28. The summed E-state index contributed by atoms with van der Waals surface area (Å²) in [5.74, 6) is 1.08. The van der Waals surface area contributed by atoms with Crippen LogP contribution in [0.3, 0.4) is 0 Å². The summed E-state index contributed by atoms with van der Waals surface area (Å²) in [6, 6.07) is 58.6. The summed E-state index contributed by atoms with van der Waals surface area (Å²) < 4.78 is 20.4. The lowest BCUT2D eigenvalue weighted by atomic mass is 10.2. The second-order valence-electron chi connectivity index (χ2n) is 22.5. The van der Waals surface area contributed by atoms with Crippen LogP contribution in [-0.4, -0.2) is 140 Å². The molecule has 104 heavy (non-hydrogen) atoms. The van der Waals surface area contributed by atoms with Crippen molar-refractivity contribution < 1.29 is 24.2 Å². The lowest BCUT2D eigenvalue weighted by molar-refractivity contribution is 0.0599. The van der Waals surface area contributed by atoms with Gasteiger partial charge in [0.2, 0.25) is 68.1 Å². The van der Waals surface area contributed by atoms with Gasteiger partial charge < -0.3 is 63.7 Å². The third kappa shape index (κ3) is 14.8. The molecule has 1 aliphatic heterocycles. The van der Waals surface area contributed by atoms with Crippen LogP contribution in [0.15, 0.2) is 194 Å². The lowest BCUT2D eigenvalue weighted by Crippen LogP contribution is -2.36. The Labute approximate surface area is 603 Å². The quantitative estimate of drug-likeness (QED) is 0.0426. The maximum absolute atomic E-state index is 11.6. The number of aromatic nitrogens is 18. The van der Waals surface area contributed by atoms with Crippen LogP contribution in [0, 0.1) is 0 Å². The van der Waals surface area contributed by atoms with E-state index in [1.807, 2.05) is 127 Å². The molecule has 0 amide bonds. The number of fused-ring (bicyclic) bond motifs is 5. The molecule has 17 aromatic rings. The van der Waals surface area contributed by atoms with Gasteiger partial charge in [0.05, 0.1) is 84.0 Å². The van der Waals surface area contributed by atoms with Crippen LogP contribution in [0.5, 0.6) is 0 Å². The number of nitrogen functional groups attached to an aromatic ring is 4. The molecule has 10 heterocycles. The monoisotopic (exact) mass is 1460 g/mol. The number of ether oxygens (including phenoxy) is 2. The number of H-pyrrole nitrogens is 1. The van der Waals surface area contributed by atoms with Gasteiger partial charge in [0, 0.05) is 46.9 Å². The second-order valence-corrected chi connectivity index (χ2v) is 26.5. The number of methoxy groups -OCH3 is 1. The number of thiazole rings is 4. The number of aromatic amines is 1. The van der Waals surface area contributed by atoms with E-state index in [0.29, 0.717) is 67.2 Å². The van der Waals surface area contributed by atoms with Crippen molar-refractivity contribution in [1.29, 1.82) is 0 Å². The molecule has 0 aliphatic carbocycles. The van der Waals surface area contributed by atoms with E-state index in [0.717, 1.165) is 89.4 Å². The first kappa shape index (κ1) is 66.3. The standard InChI is InChI=1S/C19H19N7OS.C17H14N6O2S.C16H12N8S.C16H12N6O2S/c20-17-23-18(24-26(17)19-22-15-3-1-2-4-16(15)28-19)21-13-5-7-14(8-6-13)25-9-11-27-12-10-25;1-25-14(24)10-5-4-6-11(9-10)19-16-21-15(18)23(22-16)17-20-12-7-2-3-8-13(12)26-17;17-14-21-15(19-10-6-5-9-8-18-22-12(9)7-10)23-24(14)16-20-11-3-1-2-4-13(11)25-16;17-14-20-15(18-10-7-5-9(6-8-10)13(23)24)21-22(14)16-19-11-3-1-2-4-12(11)25-16/h1-8H,9-12H2,(H3,20,21,23,24);2-9H,1H3,(H3,18,19,21,22);1-8H,(H,18,22)(H3,17,19,21,23);1-8H,(H,23,24)(H3,17,18,20,21). The van der Waals surface area contributed by atoms with Crippen molar-refractivity contribution in [3.05, 3.63) is 205 Å². The van der Waals surface area contributed by atoms with Gasteiger partial charge >= 0.3 is 11.9 Å². The second kappa shape index (κ2) is 29.3. The van der Waals surface area contributed by atoms with E-state index in [2.05, 4.69) is 109 Å². The van der Waals surface area contributed by atoms with Crippen molar-refractivity contribution in [2.45, 2.75) is 0 Å². The number of nitrogens with two attached hydrogens (primary N) is 4. The maximum atomic E-state index is 11.6. The number of carbonyl (C=O) groups excluding carboxylic acids is 1. The number of rotatable bonds is 15. The molecule has 18 rings (SSSR count). The molecule has 1 fully saturated rings. The zero-order valence-corrected chi connectivity index (χ0v) is 57.6. The van der Waals surface area contributed by atoms with Crippen LogP contribution in [0.2, 0.25) is 0 Å². The van der Waals surface area contributed by atoms with Crippen molar-refractivity contribution in [2.24, 2.45) is 0 Å². The summed E-state index contributed by atoms with van der Waals surface area (Å²) in [7, 11) is 1.34. The van der Waals surface area contributed by atoms with E-state index in [1.165, 1.54) is 79.6 Å². The molecule has 0 saturated carbocycles. The SMILES string of the molecule is COC(=O)c1cccc(Nc2nc(N)n(-c3nc4ccccc4s3)n2)c1.Nc1nc(Nc2ccc(C(=O)O)cc2)nn1-c1nc2ccccc2s1.Nc1nc(Nc2ccc(N3CCOCC3)cc2)nn1-c1nc2ccccc2s1.Nc1nc(Nc2ccc3cn[nH]c3c2)nn1-c1nc2ccccc2s1. The van der Waals surface area contributed by atoms with Crippen molar-refractivity contribution in [2.75, 3.05) is 82.5 Å². The molecule has 1 saturated heterocycles. The van der Waals surface area contributed by atoms with Crippen molar-refractivity contribution >= 4 is 185 Å². The number of aromatic carboxylic acids is 1. The van der Waals surface area contributed by atoms with Crippen molar-refractivity contribution in [1.82, 2.24) is 89.2 Å². The summed E-state index contributed by atoms with van der Waals surface area (Å²) in [5.41, 5.74) is 33.4. The minimum absolute atomic E-state index is 0.207. The largest absolute Gasteiger partial charge is 0.478 e. The van der Waals surface area contributed by atoms with Gasteiger partial charge in [-0.1, -0.05) is 99.9 Å². The Morgan fingerprint density at radius 1 is 0.452 bits per heavy atom. The average molecular weight is 1460 g/mol. The average Bonchev–Trinajstić information content (AvgIpc) is 1.67. The highest BCUT2D eigenvalue weighted by Gasteiger charge is 2.20. The Balaban J connectivity index is 0.000000112. The Bertz CT molecular complexity index is 5780. The molecule has 0 atom stereocenters. The number of carboxylic acids is 1. The highest BCUT2D eigenvalue weighted by molar-refractivity contribution is 7.21. The minimum atomic E-state index is -0.978. The number of benzene rings is 8. The van der Waals surface area contributed by atoms with Gasteiger partial charge in [-0.2, -0.15) is 43.8 Å². The number of anilines is 13. The fraction of sp³-hybridized carbons (Fsp3) is 0.0735. The van der Waals surface area contributed by atoms with Crippen molar-refractivity contribution in [3.63, 3.8) is 0 Å². The van der Waals surface area contributed by atoms with Crippen LogP contribution in [0.25, 0.3) is 72.3 Å². The molecule has 9 aromatic heterocycles. The molecular weight excluding hydrogens is 1400 g/mol. The molecule has 0 unspecified atom stereocenters. The number of carboxylic acid groups (broad SMARTS) is 1. The molecule has 36 heteroatoms. The molecule has 8 aromatic carbocycles. The Morgan fingerprint density at radius 2 is 0.837 bits per heavy atom. The summed E-state index contributed by atoms with van der Waals surface area (Å²) in [5, 5.41) is 49.5. The number of esters is 1. The maximum Gasteiger partial charge on any atom is 0.337 e. The molecule has 0 spiro atoms. The number of para-hydroxylation sites is 4. The van der Waals surface area contributed by atoms with Crippen molar-refractivity contribution in [3.8, 4) is 20.5 Å². The van der Waals surface area contributed by atoms with Gasteiger partial charge in [0.25, 0.3) is 0 Å². The zero-order valence-electron chi connectivity index (χ0n) is 54.4. The zero-order chi connectivity index (χ0) is 71.2. The predicted octanol–water partition coefficient (Wildman–Crippen LogP) is 12.0. The number of carbonyl (C=O) groups is 2. The third-order valence-electron chi connectivity index (χ3n) is 15.5. The van der Waals surface area contributed by atoms with Gasteiger partial charge in [-0.05, 0) is 133 Å². The first-order chi connectivity index (χ1) is 50.8. The highest BCUT2D eigenvalue weighted by Crippen LogP contribution is 2.32. The number of nitrogens with zero attached hydrogens (tertiary/aromatic N) is 18. The summed E-state index contributed by atoms with van der Waals surface area (Å²) in [4.78, 5) is 60.0. The first-order valence-electron chi connectivity index (χ1n) is 31.6. The molecule has 14 N–H and O–H groups in total. The van der Waals surface area contributed by atoms with E-state index in [9.17, 15) is 9.59 Å². The first-order valence-corrected chi connectivity index (χ1v) is 34.8. The Kier molecular flexibility index (Phi) is 18.7. The van der Waals surface area contributed by atoms with Crippen LogP contribution >= 0.6 is 45.3 Å². The normalized spacial score (nSPS) is 12.0. The van der Waals surface area contributed by atoms with Crippen LogP contribution < -0.4 is 49.1 Å².